The van der Waals surface area contributed by atoms with E-state index in [1.807, 2.05) is 0 Å². The zero-order chi connectivity index (χ0) is 12.7. The molecule has 1 aromatic rings. The maximum Gasteiger partial charge on any atom is 0.0343 e. The van der Waals surface area contributed by atoms with Crippen LogP contribution in [0, 0.1) is 5.92 Å². The van der Waals surface area contributed by atoms with E-state index in [-0.39, 0.29) is 0 Å². The molecule has 0 aliphatic rings. The first-order valence-corrected chi connectivity index (χ1v) is 6.99. The lowest BCUT2D eigenvalue weighted by Crippen LogP contribution is -2.23. The quantitative estimate of drug-likeness (QED) is 0.739. The van der Waals surface area contributed by atoms with Crippen LogP contribution >= 0.6 is 0 Å². The molecule has 0 aliphatic heterocycles. The molecule has 1 rings (SSSR count). The largest absolute Gasteiger partial charge is 0.313 e. The average molecular weight is 233 g/mol. The Balaban J connectivity index is 2.83. The summed E-state index contributed by atoms with van der Waals surface area (Å²) in [5.41, 5.74) is 2.91. The van der Waals surface area contributed by atoms with Gasteiger partial charge in [-0.3, -0.25) is 0 Å². The van der Waals surface area contributed by atoms with Crippen LogP contribution in [0.3, 0.4) is 0 Å². The van der Waals surface area contributed by atoms with Crippen molar-refractivity contribution in [1.82, 2.24) is 5.32 Å². The number of aryl methyl sites for hydroxylation is 1. The summed E-state index contributed by atoms with van der Waals surface area (Å²) < 4.78 is 0. The van der Waals surface area contributed by atoms with Crippen LogP contribution in [0.15, 0.2) is 24.3 Å². The molecule has 0 saturated heterocycles. The Morgan fingerprint density at radius 3 is 2.53 bits per heavy atom. The molecule has 0 aromatic heterocycles. The number of hydrogen-bond donors (Lipinski definition) is 1. The van der Waals surface area contributed by atoms with Gasteiger partial charge in [-0.15, -0.1) is 0 Å². The molecule has 1 aromatic carbocycles. The normalized spacial score (nSPS) is 14.6. The van der Waals surface area contributed by atoms with E-state index in [1.165, 1.54) is 36.8 Å². The van der Waals surface area contributed by atoms with E-state index in [0.29, 0.717) is 12.0 Å². The van der Waals surface area contributed by atoms with Gasteiger partial charge >= 0.3 is 0 Å². The van der Waals surface area contributed by atoms with Gasteiger partial charge < -0.3 is 5.32 Å². The van der Waals surface area contributed by atoms with E-state index in [2.05, 4.69) is 57.4 Å². The van der Waals surface area contributed by atoms with Crippen LogP contribution in [0.2, 0.25) is 0 Å². The lowest BCUT2D eigenvalue weighted by atomic mass is 9.90. The van der Waals surface area contributed by atoms with E-state index in [1.54, 1.807) is 0 Å². The summed E-state index contributed by atoms with van der Waals surface area (Å²) in [6, 6.07) is 9.56. The van der Waals surface area contributed by atoms with Crippen molar-refractivity contribution in [3.63, 3.8) is 0 Å². The van der Waals surface area contributed by atoms with Crippen LogP contribution in [-0.4, -0.2) is 7.05 Å². The zero-order valence-corrected chi connectivity index (χ0v) is 11.8. The summed E-state index contributed by atoms with van der Waals surface area (Å²) in [7, 11) is 2.07. The van der Waals surface area contributed by atoms with Crippen LogP contribution < -0.4 is 5.32 Å². The van der Waals surface area contributed by atoms with Gasteiger partial charge in [0.05, 0.1) is 0 Å². The van der Waals surface area contributed by atoms with E-state index < -0.39 is 0 Å². The van der Waals surface area contributed by atoms with Gasteiger partial charge in [-0.2, -0.15) is 0 Å². The molecular formula is C16H27N. The predicted octanol–water partition coefficient (Wildman–Crippen LogP) is 4.34. The maximum absolute atomic E-state index is 3.47. The average Bonchev–Trinajstić information content (AvgIpc) is 2.31. The van der Waals surface area contributed by atoms with Crippen molar-refractivity contribution in [2.75, 3.05) is 7.05 Å². The van der Waals surface area contributed by atoms with Gasteiger partial charge in [0.15, 0.2) is 0 Å². The molecule has 0 heterocycles. The summed E-state index contributed by atoms with van der Waals surface area (Å²) >= 11 is 0. The fraction of sp³-hybridized carbons (Fsp3) is 0.625. The first kappa shape index (κ1) is 14.2. The SMILES string of the molecule is CCCc1cccc(C(NC)C(C)CCC)c1. The van der Waals surface area contributed by atoms with Crippen LogP contribution in [0.1, 0.15) is 57.2 Å². The molecule has 0 fully saturated rings. The van der Waals surface area contributed by atoms with Gasteiger partial charge in [0.1, 0.15) is 0 Å². The van der Waals surface area contributed by atoms with E-state index in [0.717, 1.165) is 0 Å². The third-order valence-corrected chi connectivity index (χ3v) is 3.47. The molecular weight excluding hydrogens is 206 g/mol. The molecule has 1 N–H and O–H groups in total. The van der Waals surface area contributed by atoms with E-state index in [9.17, 15) is 0 Å². The van der Waals surface area contributed by atoms with Crippen LogP contribution in [-0.2, 0) is 6.42 Å². The molecule has 2 atom stereocenters. The Kier molecular flexibility index (Phi) is 6.28. The highest BCUT2D eigenvalue weighted by molar-refractivity contribution is 5.26. The molecule has 0 aliphatic carbocycles. The smallest absolute Gasteiger partial charge is 0.0343 e. The van der Waals surface area contributed by atoms with Crippen LogP contribution in [0.25, 0.3) is 0 Å². The van der Waals surface area contributed by atoms with E-state index >= 15 is 0 Å². The van der Waals surface area contributed by atoms with Gasteiger partial charge in [-0.25, -0.2) is 0 Å². The number of nitrogens with one attached hydrogen (secondary N) is 1. The minimum absolute atomic E-state index is 0.492. The zero-order valence-electron chi connectivity index (χ0n) is 11.8. The molecule has 0 saturated carbocycles. The molecule has 0 spiro atoms. The second kappa shape index (κ2) is 7.50. The van der Waals surface area contributed by atoms with Crippen molar-refractivity contribution in [2.45, 2.75) is 52.5 Å². The second-order valence-corrected chi connectivity index (χ2v) is 5.03. The third kappa shape index (κ3) is 4.16. The van der Waals surface area contributed by atoms with Crippen molar-refractivity contribution in [2.24, 2.45) is 5.92 Å². The fourth-order valence-corrected chi connectivity index (χ4v) is 2.63. The van der Waals surface area contributed by atoms with Crippen LogP contribution in [0.4, 0.5) is 0 Å². The number of hydrogen-bond acceptors (Lipinski definition) is 1. The fourth-order valence-electron chi connectivity index (χ4n) is 2.63. The molecule has 0 radical (unpaired) electrons. The van der Waals surface area contributed by atoms with Gasteiger partial charge in [0.2, 0.25) is 0 Å². The Morgan fingerprint density at radius 2 is 1.94 bits per heavy atom. The van der Waals surface area contributed by atoms with E-state index in [4.69, 9.17) is 0 Å². The standard InChI is InChI=1S/C16H27N/c1-5-8-13(3)16(17-4)15-11-7-10-14(12-15)9-6-2/h7,10-13,16-17H,5-6,8-9H2,1-4H3. The van der Waals surface area contributed by atoms with Crippen molar-refractivity contribution in [1.29, 1.82) is 0 Å². The number of benzene rings is 1. The van der Waals surface area contributed by atoms with Gasteiger partial charge in [0.25, 0.3) is 0 Å². The Labute approximate surface area is 107 Å². The van der Waals surface area contributed by atoms with Gasteiger partial charge in [0, 0.05) is 6.04 Å². The summed E-state index contributed by atoms with van der Waals surface area (Å²) in [4.78, 5) is 0. The third-order valence-electron chi connectivity index (χ3n) is 3.47. The topological polar surface area (TPSA) is 12.0 Å². The lowest BCUT2D eigenvalue weighted by molar-refractivity contribution is 0.384. The second-order valence-electron chi connectivity index (χ2n) is 5.03. The summed E-state index contributed by atoms with van der Waals surface area (Å²) in [5.74, 6) is 0.696. The summed E-state index contributed by atoms with van der Waals surface area (Å²) in [6.07, 6.45) is 4.95. The van der Waals surface area contributed by atoms with Gasteiger partial charge in [-0.1, -0.05) is 57.9 Å². The number of rotatable bonds is 7. The molecule has 1 heteroatoms. The molecule has 17 heavy (non-hydrogen) atoms. The van der Waals surface area contributed by atoms with Crippen LogP contribution in [0.5, 0.6) is 0 Å². The maximum atomic E-state index is 3.47. The molecule has 0 bridgehead atoms. The molecule has 0 amide bonds. The Hall–Kier alpha value is -0.820. The highest BCUT2D eigenvalue weighted by Crippen LogP contribution is 2.26. The minimum Gasteiger partial charge on any atom is -0.313 e. The van der Waals surface area contributed by atoms with Crippen molar-refractivity contribution in [3.05, 3.63) is 35.4 Å². The van der Waals surface area contributed by atoms with Crippen molar-refractivity contribution >= 4 is 0 Å². The summed E-state index contributed by atoms with van der Waals surface area (Å²) in [6.45, 7) is 6.84. The molecule has 96 valence electrons. The Morgan fingerprint density at radius 1 is 1.18 bits per heavy atom. The van der Waals surface area contributed by atoms with Crippen molar-refractivity contribution in [3.8, 4) is 0 Å². The molecule has 2 unspecified atom stereocenters. The summed E-state index contributed by atoms with van der Waals surface area (Å²) in [5, 5.41) is 3.47. The molecule has 1 nitrogen and oxygen atoms in total. The highest BCUT2D eigenvalue weighted by atomic mass is 14.9. The van der Waals surface area contributed by atoms with Crippen molar-refractivity contribution < 1.29 is 0 Å². The lowest BCUT2D eigenvalue weighted by Gasteiger charge is -2.24. The predicted molar refractivity (Wildman–Crippen MR) is 76.3 cm³/mol. The van der Waals surface area contributed by atoms with Gasteiger partial charge in [-0.05, 0) is 36.9 Å². The first-order chi connectivity index (χ1) is 8.22. The monoisotopic (exact) mass is 233 g/mol. The highest BCUT2D eigenvalue weighted by Gasteiger charge is 2.16. The first-order valence-electron chi connectivity index (χ1n) is 6.99. The Bertz CT molecular complexity index is 319. The minimum atomic E-state index is 0.492.